The second kappa shape index (κ2) is 6.28. The van der Waals surface area contributed by atoms with Crippen LogP contribution in [0, 0.1) is 17.3 Å². The fraction of sp³-hybridized carbons (Fsp3) is 0.727. The average Bonchev–Trinajstić information content (AvgIpc) is 2.97. The van der Waals surface area contributed by atoms with Crippen LogP contribution < -0.4 is 4.74 Å². The minimum absolute atomic E-state index is 0.338. The molecule has 0 amide bonds. The van der Waals surface area contributed by atoms with E-state index in [0.717, 1.165) is 31.1 Å². The first-order valence-corrected chi connectivity index (χ1v) is 10.1. The lowest BCUT2D eigenvalue weighted by Crippen LogP contribution is -2.39. The van der Waals surface area contributed by atoms with Crippen LogP contribution in [-0.2, 0) is 6.42 Å². The van der Waals surface area contributed by atoms with Gasteiger partial charge >= 0.3 is 0 Å². The Morgan fingerprint density at radius 1 is 1.21 bits per heavy atom. The monoisotopic (exact) mass is 328 g/mol. The molecule has 4 rings (SSSR count). The van der Waals surface area contributed by atoms with E-state index in [1.165, 1.54) is 49.7 Å². The number of hydrogen-bond donors (Lipinski definition) is 1. The third-order valence-corrected chi connectivity index (χ3v) is 7.34. The predicted octanol–water partition coefficient (Wildman–Crippen LogP) is 5.82. The number of aromatic hydroxyl groups is 1. The second-order valence-corrected chi connectivity index (χ2v) is 8.72. The smallest absolute Gasteiger partial charge is 0.161 e. The first-order valence-electron chi connectivity index (χ1n) is 10.1. The molecule has 132 valence electrons. The molecule has 2 fully saturated rings. The largest absolute Gasteiger partial charge is 0.504 e. The SMILES string of the molecule is CCCCOc1cc2c(cc1O)CC[C@@H]1[C@@H]2CC[C@]2(C)CCC[C@@H]12. The Morgan fingerprint density at radius 3 is 2.92 bits per heavy atom. The molecule has 2 nitrogen and oxygen atoms in total. The zero-order valence-electron chi connectivity index (χ0n) is 15.3. The highest BCUT2D eigenvalue weighted by Crippen LogP contribution is 2.61. The van der Waals surface area contributed by atoms with Gasteiger partial charge in [-0.15, -0.1) is 0 Å². The van der Waals surface area contributed by atoms with E-state index in [9.17, 15) is 5.11 Å². The van der Waals surface area contributed by atoms with Crippen LogP contribution in [0.4, 0.5) is 0 Å². The maximum absolute atomic E-state index is 10.3. The van der Waals surface area contributed by atoms with Crippen molar-refractivity contribution in [1.29, 1.82) is 0 Å². The number of benzene rings is 1. The van der Waals surface area contributed by atoms with Crippen molar-refractivity contribution in [3.05, 3.63) is 23.3 Å². The Labute approximate surface area is 146 Å². The Bertz CT molecular complexity index is 608. The van der Waals surface area contributed by atoms with Crippen LogP contribution in [0.2, 0.25) is 0 Å². The molecule has 1 aromatic carbocycles. The van der Waals surface area contributed by atoms with Gasteiger partial charge in [-0.05, 0) is 91.4 Å². The minimum atomic E-state index is 0.338. The molecule has 2 saturated carbocycles. The number of phenolic OH excluding ortho intramolecular Hbond substituents is 1. The summed E-state index contributed by atoms with van der Waals surface area (Å²) in [6.45, 7) is 5.42. The van der Waals surface area contributed by atoms with Gasteiger partial charge in [-0.25, -0.2) is 0 Å². The Balaban J connectivity index is 1.62. The zero-order valence-corrected chi connectivity index (χ0v) is 15.3. The third kappa shape index (κ3) is 2.62. The van der Waals surface area contributed by atoms with Gasteiger partial charge in [-0.2, -0.15) is 0 Å². The summed E-state index contributed by atoms with van der Waals surface area (Å²) < 4.78 is 5.88. The summed E-state index contributed by atoms with van der Waals surface area (Å²) >= 11 is 0. The van der Waals surface area contributed by atoms with Crippen molar-refractivity contribution in [2.45, 2.75) is 77.6 Å². The van der Waals surface area contributed by atoms with Crippen LogP contribution in [0.1, 0.15) is 82.3 Å². The number of phenols is 1. The van der Waals surface area contributed by atoms with Gasteiger partial charge in [0.25, 0.3) is 0 Å². The van der Waals surface area contributed by atoms with E-state index in [1.54, 1.807) is 0 Å². The van der Waals surface area contributed by atoms with Gasteiger partial charge in [0.05, 0.1) is 6.61 Å². The van der Waals surface area contributed by atoms with Crippen LogP contribution in [0.15, 0.2) is 12.1 Å². The molecule has 0 aromatic heterocycles. The summed E-state index contributed by atoms with van der Waals surface area (Å²) in [5.74, 6) is 3.51. The van der Waals surface area contributed by atoms with Crippen molar-refractivity contribution < 1.29 is 9.84 Å². The van der Waals surface area contributed by atoms with Crippen molar-refractivity contribution >= 4 is 0 Å². The molecular formula is C22H32O2. The van der Waals surface area contributed by atoms with Crippen LogP contribution in [-0.4, -0.2) is 11.7 Å². The molecule has 0 bridgehead atoms. The molecule has 1 N–H and O–H groups in total. The normalized spacial score (nSPS) is 34.3. The second-order valence-electron chi connectivity index (χ2n) is 8.72. The summed E-state index contributed by atoms with van der Waals surface area (Å²) in [4.78, 5) is 0. The quantitative estimate of drug-likeness (QED) is 0.706. The van der Waals surface area contributed by atoms with Gasteiger partial charge in [-0.1, -0.05) is 26.7 Å². The summed E-state index contributed by atoms with van der Waals surface area (Å²) in [6, 6.07) is 4.18. The third-order valence-electron chi connectivity index (χ3n) is 7.34. The fourth-order valence-electron chi connectivity index (χ4n) is 6.02. The van der Waals surface area contributed by atoms with E-state index < -0.39 is 0 Å². The van der Waals surface area contributed by atoms with E-state index in [2.05, 4.69) is 19.9 Å². The molecule has 2 heteroatoms. The number of rotatable bonds is 4. The van der Waals surface area contributed by atoms with Crippen molar-refractivity contribution in [2.24, 2.45) is 17.3 Å². The topological polar surface area (TPSA) is 29.5 Å². The molecule has 3 aliphatic carbocycles. The highest BCUT2D eigenvalue weighted by Gasteiger charge is 2.50. The summed E-state index contributed by atoms with van der Waals surface area (Å²) in [5.41, 5.74) is 3.47. The number of hydrogen-bond acceptors (Lipinski definition) is 2. The lowest BCUT2D eigenvalue weighted by molar-refractivity contribution is 0.0597. The predicted molar refractivity (Wildman–Crippen MR) is 97.7 cm³/mol. The van der Waals surface area contributed by atoms with E-state index in [0.29, 0.717) is 29.4 Å². The lowest BCUT2D eigenvalue weighted by Gasteiger charge is -2.49. The summed E-state index contributed by atoms with van der Waals surface area (Å²) in [6.07, 6.45) is 11.6. The van der Waals surface area contributed by atoms with Crippen LogP contribution in [0.5, 0.6) is 11.5 Å². The zero-order chi connectivity index (χ0) is 16.7. The van der Waals surface area contributed by atoms with E-state index >= 15 is 0 Å². The molecule has 0 saturated heterocycles. The van der Waals surface area contributed by atoms with Gasteiger partial charge < -0.3 is 9.84 Å². The molecule has 0 radical (unpaired) electrons. The van der Waals surface area contributed by atoms with E-state index in [1.807, 2.05) is 6.07 Å². The molecular weight excluding hydrogens is 296 g/mol. The molecule has 1 aromatic rings. The number of aryl methyl sites for hydroxylation is 1. The van der Waals surface area contributed by atoms with Crippen LogP contribution in [0.25, 0.3) is 0 Å². The standard InChI is InChI=1S/C22H32O2/c1-3-4-12-24-21-14-18-15(13-20(21)23)7-8-17-16(18)9-11-22(2)10-5-6-19(17)22/h13-14,16-17,19,23H,3-12H2,1-2H3/t16-,17+,19-,22-/m0/s1. The van der Waals surface area contributed by atoms with Crippen molar-refractivity contribution in [3.8, 4) is 11.5 Å². The van der Waals surface area contributed by atoms with E-state index in [-0.39, 0.29) is 0 Å². The van der Waals surface area contributed by atoms with Crippen LogP contribution in [0.3, 0.4) is 0 Å². The molecule has 24 heavy (non-hydrogen) atoms. The van der Waals surface area contributed by atoms with Gasteiger partial charge in [0.2, 0.25) is 0 Å². The Morgan fingerprint density at radius 2 is 2.08 bits per heavy atom. The Kier molecular flexibility index (Phi) is 4.26. The lowest BCUT2D eigenvalue weighted by atomic mass is 9.56. The molecule has 0 heterocycles. The van der Waals surface area contributed by atoms with Gasteiger partial charge in [0.1, 0.15) is 0 Å². The van der Waals surface area contributed by atoms with Gasteiger partial charge in [0, 0.05) is 0 Å². The number of unbranched alkanes of at least 4 members (excludes halogenated alkanes) is 1. The van der Waals surface area contributed by atoms with Crippen molar-refractivity contribution in [2.75, 3.05) is 6.61 Å². The molecule has 3 aliphatic rings. The highest BCUT2D eigenvalue weighted by atomic mass is 16.5. The molecule has 0 aliphatic heterocycles. The van der Waals surface area contributed by atoms with E-state index in [4.69, 9.17) is 4.74 Å². The summed E-state index contributed by atoms with van der Waals surface area (Å²) in [7, 11) is 0. The van der Waals surface area contributed by atoms with Gasteiger partial charge in [-0.3, -0.25) is 0 Å². The molecule has 0 spiro atoms. The molecule has 4 atom stereocenters. The number of fused-ring (bicyclic) bond motifs is 5. The van der Waals surface area contributed by atoms with Crippen molar-refractivity contribution in [3.63, 3.8) is 0 Å². The van der Waals surface area contributed by atoms with Gasteiger partial charge in [0.15, 0.2) is 11.5 Å². The Hall–Kier alpha value is -1.18. The van der Waals surface area contributed by atoms with Crippen LogP contribution >= 0.6 is 0 Å². The first kappa shape index (κ1) is 16.3. The fourth-order valence-corrected chi connectivity index (χ4v) is 6.02. The van der Waals surface area contributed by atoms with Crippen molar-refractivity contribution in [1.82, 2.24) is 0 Å². The first-order chi connectivity index (χ1) is 11.6. The maximum Gasteiger partial charge on any atom is 0.161 e. The summed E-state index contributed by atoms with van der Waals surface area (Å²) in [5, 5.41) is 10.3. The molecule has 0 unspecified atom stereocenters. The average molecular weight is 328 g/mol. The minimum Gasteiger partial charge on any atom is -0.504 e. The highest BCUT2D eigenvalue weighted by molar-refractivity contribution is 5.49. The maximum atomic E-state index is 10.3. The number of ether oxygens (including phenoxy) is 1.